The van der Waals surface area contributed by atoms with E-state index in [1.807, 2.05) is 31.2 Å². The quantitative estimate of drug-likeness (QED) is 0.862. The molecular formula is C11H14BrNO2. The summed E-state index contributed by atoms with van der Waals surface area (Å²) in [4.78, 5) is 10.3. The van der Waals surface area contributed by atoms with E-state index < -0.39 is 5.97 Å². The molecule has 0 aliphatic carbocycles. The summed E-state index contributed by atoms with van der Waals surface area (Å²) in [7, 11) is 0. The number of halogens is 1. The van der Waals surface area contributed by atoms with Crippen LogP contribution in [0.5, 0.6) is 0 Å². The van der Waals surface area contributed by atoms with E-state index in [0.29, 0.717) is 0 Å². The number of carboxylic acid groups (broad SMARTS) is 1. The van der Waals surface area contributed by atoms with Gasteiger partial charge in [-0.2, -0.15) is 0 Å². The molecule has 0 saturated heterocycles. The van der Waals surface area contributed by atoms with Gasteiger partial charge in [0, 0.05) is 10.5 Å². The van der Waals surface area contributed by atoms with Crippen LogP contribution in [0.2, 0.25) is 0 Å². The Morgan fingerprint density at radius 2 is 2.07 bits per heavy atom. The van der Waals surface area contributed by atoms with E-state index in [0.717, 1.165) is 10.9 Å². The number of aliphatic carboxylic acids is 1. The van der Waals surface area contributed by atoms with Gasteiger partial charge in [0.25, 0.3) is 0 Å². The predicted octanol–water partition coefficient (Wildman–Crippen LogP) is 2.05. The maximum Gasteiger partial charge on any atom is 0.317 e. The monoisotopic (exact) mass is 271 g/mol. The minimum Gasteiger partial charge on any atom is -0.480 e. The van der Waals surface area contributed by atoms with E-state index >= 15 is 0 Å². The Bertz CT molecular complexity index is 324. The lowest BCUT2D eigenvalue weighted by Gasteiger charge is -2.11. The number of carbonyl (C=O) groups is 1. The number of hydrogen-bond donors (Lipinski definition) is 2. The Hall–Kier alpha value is -0.870. The lowest BCUT2D eigenvalue weighted by Crippen LogP contribution is -2.32. The molecule has 1 unspecified atom stereocenters. The van der Waals surface area contributed by atoms with Gasteiger partial charge in [-0.15, -0.1) is 0 Å². The second-order valence-corrected chi connectivity index (χ2v) is 4.42. The van der Waals surface area contributed by atoms with Gasteiger partial charge in [0.15, 0.2) is 0 Å². The highest BCUT2D eigenvalue weighted by Gasteiger charge is 2.04. The average molecular weight is 272 g/mol. The molecule has 1 atom stereocenters. The Kier molecular flexibility index (Phi) is 4.78. The normalized spacial score (nSPS) is 12.4. The third-order valence-electron chi connectivity index (χ3n) is 2.06. The molecule has 1 rings (SSSR count). The lowest BCUT2D eigenvalue weighted by atomic mass is 10.1. The highest BCUT2D eigenvalue weighted by Crippen LogP contribution is 2.11. The Balaban J connectivity index is 2.40. The lowest BCUT2D eigenvalue weighted by molar-refractivity contribution is -0.136. The zero-order chi connectivity index (χ0) is 11.3. The fraction of sp³-hybridized carbons (Fsp3) is 0.364. The van der Waals surface area contributed by atoms with Gasteiger partial charge >= 0.3 is 5.97 Å². The first-order chi connectivity index (χ1) is 7.08. The van der Waals surface area contributed by atoms with E-state index in [-0.39, 0.29) is 12.6 Å². The minimum absolute atomic E-state index is 0.0116. The van der Waals surface area contributed by atoms with Crippen LogP contribution in [0.1, 0.15) is 12.5 Å². The molecule has 0 amide bonds. The van der Waals surface area contributed by atoms with Crippen molar-refractivity contribution in [2.45, 2.75) is 19.4 Å². The van der Waals surface area contributed by atoms with Crippen molar-refractivity contribution in [2.24, 2.45) is 0 Å². The molecule has 2 N–H and O–H groups in total. The standard InChI is InChI=1S/C11H14BrNO2/c1-8(13-7-11(14)15)6-9-2-4-10(12)5-3-9/h2-5,8,13H,6-7H2,1H3,(H,14,15). The average Bonchev–Trinajstić information content (AvgIpc) is 2.19. The van der Waals surface area contributed by atoms with Crippen LogP contribution in [-0.4, -0.2) is 23.7 Å². The van der Waals surface area contributed by atoms with Crippen molar-refractivity contribution in [3.63, 3.8) is 0 Å². The van der Waals surface area contributed by atoms with Crippen LogP contribution in [0.25, 0.3) is 0 Å². The number of nitrogens with one attached hydrogen (secondary N) is 1. The van der Waals surface area contributed by atoms with Crippen LogP contribution in [0.3, 0.4) is 0 Å². The van der Waals surface area contributed by atoms with Crippen LogP contribution in [0, 0.1) is 0 Å². The molecule has 0 saturated carbocycles. The molecule has 3 nitrogen and oxygen atoms in total. The summed E-state index contributed by atoms with van der Waals surface area (Å²) >= 11 is 3.37. The largest absolute Gasteiger partial charge is 0.480 e. The smallest absolute Gasteiger partial charge is 0.317 e. The second-order valence-electron chi connectivity index (χ2n) is 3.51. The Morgan fingerprint density at radius 1 is 1.47 bits per heavy atom. The molecular weight excluding hydrogens is 258 g/mol. The molecule has 1 aromatic rings. The first-order valence-electron chi connectivity index (χ1n) is 4.77. The summed E-state index contributed by atoms with van der Waals surface area (Å²) in [5, 5.41) is 11.4. The summed E-state index contributed by atoms with van der Waals surface area (Å²) < 4.78 is 1.05. The zero-order valence-electron chi connectivity index (χ0n) is 8.53. The van der Waals surface area contributed by atoms with Gasteiger partial charge in [-0.05, 0) is 31.0 Å². The predicted molar refractivity (Wildman–Crippen MR) is 62.9 cm³/mol. The fourth-order valence-electron chi connectivity index (χ4n) is 1.31. The van der Waals surface area contributed by atoms with Crippen molar-refractivity contribution in [2.75, 3.05) is 6.54 Å². The van der Waals surface area contributed by atoms with Crippen molar-refractivity contribution >= 4 is 21.9 Å². The number of rotatable bonds is 5. The number of hydrogen-bond acceptors (Lipinski definition) is 2. The molecule has 0 spiro atoms. The fourth-order valence-corrected chi connectivity index (χ4v) is 1.57. The molecule has 0 aliphatic heterocycles. The van der Waals surface area contributed by atoms with Crippen molar-refractivity contribution in [3.05, 3.63) is 34.3 Å². The van der Waals surface area contributed by atoms with E-state index in [1.165, 1.54) is 5.56 Å². The van der Waals surface area contributed by atoms with Crippen LogP contribution in [-0.2, 0) is 11.2 Å². The molecule has 15 heavy (non-hydrogen) atoms. The highest BCUT2D eigenvalue weighted by atomic mass is 79.9. The van der Waals surface area contributed by atoms with Gasteiger partial charge in [0.1, 0.15) is 0 Å². The highest BCUT2D eigenvalue weighted by molar-refractivity contribution is 9.10. The first kappa shape index (κ1) is 12.2. The van der Waals surface area contributed by atoms with E-state index in [1.54, 1.807) is 0 Å². The maximum atomic E-state index is 10.3. The third-order valence-corrected chi connectivity index (χ3v) is 2.59. The molecule has 0 aliphatic rings. The van der Waals surface area contributed by atoms with E-state index in [9.17, 15) is 4.79 Å². The van der Waals surface area contributed by atoms with Crippen molar-refractivity contribution in [1.82, 2.24) is 5.32 Å². The molecule has 0 bridgehead atoms. The second kappa shape index (κ2) is 5.88. The van der Waals surface area contributed by atoms with Crippen LogP contribution >= 0.6 is 15.9 Å². The molecule has 4 heteroatoms. The Labute approximate surface area is 97.6 Å². The van der Waals surface area contributed by atoms with E-state index in [2.05, 4.69) is 21.2 Å². The van der Waals surface area contributed by atoms with Gasteiger partial charge in [0.2, 0.25) is 0 Å². The summed E-state index contributed by atoms with van der Waals surface area (Å²) in [5.74, 6) is -0.822. The van der Waals surface area contributed by atoms with Crippen molar-refractivity contribution in [1.29, 1.82) is 0 Å². The Morgan fingerprint density at radius 3 is 2.60 bits per heavy atom. The van der Waals surface area contributed by atoms with E-state index in [4.69, 9.17) is 5.11 Å². The zero-order valence-corrected chi connectivity index (χ0v) is 10.1. The SMILES string of the molecule is CC(Cc1ccc(Br)cc1)NCC(=O)O. The van der Waals surface area contributed by atoms with Gasteiger partial charge in [-0.3, -0.25) is 4.79 Å². The van der Waals surface area contributed by atoms with Crippen molar-refractivity contribution < 1.29 is 9.90 Å². The maximum absolute atomic E-state index is 10.3. The minimum atomic E-state index is -0.822. The molecule has 0 heterocycles. The molecule has 1 aromatic carbocycles. The molecule has 0 aromatic heterocycles. The topological polar surface area (TPSA) is 49.3 Å². The number of benzene rings is 1. The van der Waals surface area contributed by atoms with Gasteiger partial charge in [0.05, 0.1) is 6.54 Å². The van der Waals surface area contributed by atoms with Gasteiger partial charge < -0.3 is 10.4 Å². The summed E-state index contributed by atoms with van der Waals surface area (Å²) in [6.07, 6.45) is 0.834. The van der Waals surface area contributed by atoms with Gasteiger partial charge in [-0.25, -0.2) is 0 Å². The van der Waals surface area contributed by atoms with Crippen molar-refractivity contribution in [3.8, 4) is 0 Å². The molecule has 0 radical (unpaired) electrons. The summed E-state index contributed by atoms with van der Waals surface area (Å²) in [6.45, 7) is 1.99. The summed E-state index contributed by atoms with van der Waals surface area (Å²) in [6, 6.07) is 8.20. The molecule has 82 valence electrons. The summed E-state index contributed by atoms with van der Waals surface area (Å²) in [5.41, 5.74) is 1.20. The molecule has 0 fully saturated rings. The van der Waals surface area contributed by atoms with Crippen LogP contribution in [0.15, 0.2) is 28.7 Å². The van der Waals surface area contributed by atoms with Crippen LogP contribution in [0.4, 0.5) is 0 Å². The third kappa shape index (κ3) is 4.95. The first-order valence-corrected chi connectivity index (χ1v) is 5.57. The van der Waals surface area contributed by atoms with Gasteiger partial charge in [-0.1, -0.05) is 28.1 Å². The van der Waals surface area contributed by atoms with Crippen LogP contribution < -0.4 is 5.32 Å². The number of carboxylic acids is 1.